The van der Waals surface area contributed by atoms with Gasteiger partial charge in [-0.2, -0.15) is 5.10 Å². The molecular formula is C27H26ClN3O4S. The van der Waals surface area contributed by atoms with E-state index in [-0.39, 0.29) is 23.0 Å². The Labute approximate surface area is 215 Å². The lowest BCUT2D eigenvalue weighted by Gasteiger charge is -2.15. The molecule has 1 amide bonds. The van der Waals surface area contributed by atoms with Crippen molar-refractivity contribution in [1.82, 2.24) is 9.78 Å². The second-order valence-electron chi connectivity index (χ2n) is 8.35. The lowest BCUT2D eigenvalue weighted by molar-refractivity contribution is -0.115. The Hall–Kier alpha value is -3.62. The van der Waals surface area contributed by atoms with E-state index < -0.39 is 9.84 Å². The van der Waals surface area contributed by atoms with Gasteiger partial charge in [-0.15, -0.1) is 0 Å². The van der Waals surface area contributed by atoms with Gasteiger partial charge >= 0.3 is 0 Å². The van der Waals surface area contributed by atoms with Crippen LogP contribution in [0.5, 0.6) is 11.5 Å². The van der Waals surface area contributed by atoms with Crippen LogP contribution in [0, 0.1) is 13.8 Å². The summed E-state index contributed by atoms with van der Waals surface area (Å²) in [5, 5.41) is 7.99. The van der Waals surface area contributed by atoms with Gasteiger partial charge in [-0.1, -0.05) is 36.7 Å². The van der Waals surface area contributed by atoms with Crippen molar-refractivity contribution >= 4 is 33.0 Å². The number of nitrogens with one attached hydrogen (secondary N) is 1. The van der Waals surface area contributed by atoms with Crippen LogP contribution >= 0.6 is 11.6 Å². The van der Waals surface area contributed by atoms with Crippen molar-refractivity contribution in [2.24, 2.45) is 0 Å². The molecule has 0 fully saturated rings. The molecule has 0 saturated heterocycles. The first kappa shape index (κ1) is 25.5. The van der Waals surface area contributed by atoms with Crippen LogP contribution in [0.4, 0.5) is 5.69 Å². The Kier molecular flexibility index (Phi) is 7.47. The number of hydrogen-bond acceptors (Lipinski definition) is 5. The van der Waals surface area contributed by atoms with Crippen molar-refractivity contribution in [2.75, 3.05) is 11.1 Å². The Bertz CT molecular complexity index is 1510. The Balaban J connectivity index is 1.58. The van der Waals surface area contributed by atoms with Crippen LogP contribution in [0.25, 0.3) is 5.69 Å². The monoisotopic (exact) mass is 523 g/mol. The predicted molar refractivity (Wildman–Crippen MR) is 141 cm³/mol. The first-order valence-corrected chi connectivity index (χ1v) is 13.4. The Morgan fingerprint density at radius 2 is 1.78 bits per heavy atom. The molecule has 0 radical (unpaired) electrons. The van der Waals surface area contributed by atoms with Gasteiger partial charge in [0.05, 0.1) is 22.8 Å². The molecule has 9 heteroatoms. The van der Waals surface area contributed by atoms with Crippen molar-refractivity contribution < 1.29 is 17.9 Å². The third-order valence-corrected chi connectivity index (χ3v) is 7.52. The van der Waals surface area contributed by atoms with E-state index in [4.69, 9.17) is 16.3 Å². The molecule has 1 N–H and O–H groups in total. The summed E-state index contributed by atoms with van der Waals surface area (Å²) in [6, 6.07) is 20.7. The number of aromatic nitrogens is 2. The molecule has 0 spiro atoms. The van der Waals surface area contributed by atoms with Gasteiger partial charge in [0.1, 0.15) is 11.4 Å². The van der Waals surface area contributed by atoms with E-state index in [0.29, 0.717) is 33.5 Å². The molecule has 0 bridgehead atoms. The number of ether oxygens (including phenoxy) is 1. The molecule has 1 aromatic heterocycles. The standard InChI is InChI=1S/C27H26ClN3O4S/c1-4-36(33,34)24-11-8-20(9-12-24)15-27(32)29-22-10-13-25(31-19(3)14-18(2)30-31)26(17-22)35-23-7-5-6-21(28)16-23/h5-14,16-17H,4,15H2,1-3H3,(H,29,32). The zero-order valence-corrected chi connectivity index (χ0v) is 21.7. The van der Waals surface area contributed by atoms with Gasteiger partial charge in [0.15, 0.2) is 15.6 Å². The third kappa shape index (κ3) is 5.95. The number of carbonyl (C=O) groups excluding carboxylic acids is 1. The van der Waals surface area contributed by atoms with E-state index in [1.807, 2.05) is 26.0 Å². The normalized spacial score (nSPS) is 11.3. The third-order valence-electron chi connectivity index (χ3n) is 5.53. The molecule has 0 aliphatic heterocycles. The van der Waals surface area contributed by atoms with Gasteiger partial charge in [0.2, 0.25) is 5.91 Å². The van der Waals surface area contributed by atoms with Crippen molar-refractivity contribution in [3.05, 3.63) is 94.8 Å². The molecule has 1 heterocycles. The number of aryl methyl sites for hydroxylation is 2. The van der Waals surface area contributed by atoms with E-state index in [0.717, 1.165) is 11.4 Å². The fraction of sp³-hybridized carbons (Fsp3) is 0.185. The van der Waals surface area contributed by atoms with Crippen LogP contribution < -0.4 is 10.1 Å². The molecule has 0 unspecified atom stereocenters. The van der Waals surface area contributed by atoms with Crippen LogP contribution in [0.2, 0.25) is 5.02 Å². The second kappa shape index (κ2) is 10.6. The maximum Gasteiger partial charge on any atom is 0.228 e. The van der Waals surface area contributed by atoms with Crippen molar-refractivity contribution in [1.29, 1.82) is 0 Å². The van der Waals surface area contributed by atoms with Crippen molar-refractivity contribution in [3.63, 3.8) is 0 Å². The minimum Gasteiger partial charge on any atom is -0.455 e. The first-order valence-electron chi connectivity index (χ1n) is 11.4. The molecule has 0 saturated carbocycles. The molecule has 186 valence electrons. The minimum atomic E-state index is -3.28. The first-order chi connectivity index (χ1) is 17.1. The van der Waals surface area contributed by atoms with Crippen LogP contribution in [0.15, 0.2) is 77.7 Å². The van der Waals surface area contributed by atoms with Gasteiger partial charge in [-0.05, 0) is 67.9 Å². The summed E-state index contributed by atoms with van der Waals surface area (Å²) in [5.74, 6) is 0.833. The van der Waals surface area contributed by atoms with Gasteiger partial charge in [0.25, 0.3) is 0 Å². The maximum absolute atomic E-state index is 12.7. The lowest BCUT2D eigenvalue weighted by Crippen LogP contribution is -2.15. The van der Waals surface area contributed by atoms with Crippen molar-refractivity contribution in [3.8, 4) is 17.2 Å². The highest BCUT2D eigenvalue weighted by Crippen LogP contribution is 2.33. The topological polar surface area (TPSA) is 90.3 Å². The van der Waals surface area contributed by atoms with E-state index >= 15 is 0 Å². The molecule has 0 aliphatic rings. The molecule has 0 aliphatic carbocycles. The van der Waals surface area contributed by atoms with Gasteiger partial charge in [-0.3, -0.25) is 4.79 Å². The van der Waals surface area contributed by atoms with Gasteiger partial charge in [-0.25, -0.2) is 13.1 Å². The van der Waals surface area contributed by atoms with Gasteiger partial charge < -0.3 is 10.1 Å². The molecule has 36 heavy (non-hydrogen) atoms. The fourth-order valence-electron chi connectivity index (χ4n) is 3.75. The summed E-state index contributed by atoms with van der Waals surface area (Å²) in [6.45, 7) is 5.47. The highest BCUT2D eigenvalue weighted by atomic mass is 35.5. The van der Waals surface area contributed by atoms with Gasteiger partial charge in [0, 0.05) is 22.5 Å². The maximum atomic E-state index is 12.7. The lowest BCUT2D eigenvalue weighted by atomic mass is 10.1. The minimum absolute atomic E-state index is 0.0278. The zero-order valence-electron chi connectivity index (χ0n) is 20.2. The number of amides is 1. The largest absolute Gasteiger partial charge is 0.455 e. The van der Waals surface area contributed by atoms with Crippen molar-refractivity contribution in [2.45, 2.75) is 32.1 Å². The summed E-state index contributed by atoms with van der Waals surface area (Å²) < 4.78 is 31.9. The smallest absolute Gasteiger partial charge is 0.228 e. The number of benzene rings is 3. The molecule has 0 atom stereocenters. The number of sulfone groups is 1. The Morgan fingerprint density at radius 3 is 2.42 bits per heavy atom. The quantitative estimate of drug-likeness (QED) is 0.310. The predicted octanol–water partition coefficient (Wildman–Crippen LogP) is 5.91. The highest BCUT2D eigenvalue weighted by molar-refractivity contribution is 7.91. The zero-order chi connectivity index (χ0) is 25.9. The average molecular weight is 524 g/mol. The van der Waals surface area contributed by atoms with Crippen LogP contribution in [0.3, 0.4) is 0 Å². The molecule has 4 rings (SSSR count). The fourth-order valence-corrected chi connectivity index (χ4v) is 4.82. The number of nitrogens with zero attached hydrogens (tertiary/aromatic N) is 2. The SMILES string of the molecule is CCS(=O)(=O)c1ccc(CC(=O)Nc2ccc(-n3nc(C)cc3C)c(Oc3cccc(Cl)c3)c2)cc1. The van der Waals surface area contributed by atoms with E-state index in [9.17, 15) is 13.2 Å². The van der Waals surface area contributed by atoms with E-state index in [1.165, 1.54) is 12.1 Å². The van der Waals surface area contributed by atoms with Crippen LogP contribution in [-0.2, 0) is 21.1 Å². The average Bonchev–Trinajstić information content (AvgIpc) is 3.17. The number of halogens is 1. The van der Waals surface area contributed by atoms with Crippen LogP contribution in [0.1, 0.15) is 23.9 Å². The van der Waals surface area contributed by atoms with E-state index in [2.05, 4.69) is 10.4 Å². The molecule has 4 aromatic rings. The number of rotatable bonds is 8. The summed E-state index contributed by atoms with van der Waals surface area (Å²) in [6.07, 6.45) is 0.0934. The van der Waals surface area contributed by atoms with Crippen LogP contribution in [-0.4, -0.2) is 29.9 Å². The summed E-state index contributed by atoms with van der Waals surface area (Å²) in [4.78, 5) is 13.0. The van der Waals surface area contributed by atoms with E-state index in [1.54, 1.807) is 60.1 Å². The summed E-state index contributed by atoms with van der Waals surface area (Å²) >= 11 is 6.13. The molecular weight excluding hydrogens is 498 g/mol. The summed E-state index contributed by atoms with van der Waals surface area (Å²) in [7, 11) is -3.28. The number of carbonyl (C=O) groups is 1. The molecule has 7 nitrogen and oxygen atoms in total. The second-order valence-corrected chi connectivity index (χ2v) is 11.1. The Morgan fingerprint density at radius 1 is 1.03 bits per heavy atom. The number of anilines is 1. The summed E-state index contributed by atoms with van der Waals surface area (Å²) in [5.41, 5.74) is 3.78. The molecule has 3 aromatic carbocycles. The highest BCUT2D eigenvalue weighted by Gasteiger charge is 2.15. The number of hydrogen-bond donors (Lipinski definition) is 1.